The summed E-state index contributed by atoms with van der Waals surface area (Å²) >= 11 is 0. The van der Waals surface area contributed by atoms with Gasteiger partial charge in [0.05, 0.1) is 17.4 Å². The largest absolute Gasteiger partial charge is 0.378 e. The molecule has 1 aliphatic rings. The Morgan fingerprint density at radius 1 is 1.21 bits per heavy atom. The van der Waals surface area contributed by atoms with Gasteiger partial charge in [0.1, 0.15) is 0 Å². The van der Waals surface area contributed by atoms with Crippen LogP contribution in [0, 0.1) is 18.3 Å². The third-order valence-corrected chi connectivity index (χ3v) is 6.10. The number of rotatable bonds is 9. The first kappa shape index (κ1) is 18.8. The fraction of sp³-hybridized carbons (Fsp3) is 0.611. The smallest absolute Gasteiger partial charge is 0.211 e. The zero-order valence-electron chi connectivity index (χ0n) is 14.3. The molecule has 0 atom stereocenters. The zero-order valence-corrected chi connectivity index (χ0v) is 15.2. The van der Waals surface area contributed by atoms with Gasteiger partial charge in [0.15, 0.2) is 0 Å². The SMILES string of the molecule is Cc1ccccc1NC1(CNS(=O)(=O)CCCCC#N)CCCC1. The van der Waals surface area contributed by atoms with E-state index in [1.54, 1.807) is 0 Å². The van der Waals surface area contributed by atoms with Crippen LogP contribution < -0.4 is 10.0 Å². The minimum absolute atomic E-state index is 0.0924. The summed E-state index contributed by atoms with van der Waals surface area (Å²) in [6.45, 7) is 2.48. The van der Waals surface area contributed by atoms with E-state index in [1.807, 2.05) is 24.3 Å². The molecule has 0 unspecified atom stereocenters. The van der Waals surface area contributed by atoms with Crippen LogP contribution in [0.4, 0.5) is 5.69 Å². The van der Waals surface area contributed by atoms with Crippen molar-refractivity contribution in [2.24, 2.45) is 0 Å². The van der Waals surface area contributed by atoms with E-state index < -0.39 is 10.0 Å². The molecule has 6 heteroatoms. The molecule has 1 aliphatic carbocycles. The van der Waals surface area contributed by atoms with E-state index in [0.717, 1.165) is 31.4 Å². The Labute approximate surface area is 145 Å². The first-order valence-corrected chi connectivity index (χ1v) is 10.3. The highest BCUT2D eigenvalue weighted by atomic mass is 32.2. The summed E-state index contributed by atoms with van der Waals surface area (Å²) in [7, 11) is -3.29. The second-order valence-electron chi connectivity index (χ2n) is 6.68. The summed E-state index contributed by atoms with van der Waals surface area (Å²) in [6.07, 6.45) is 5.74. The number of hydrogen-bond donors (Lipinski definition) is 2. The van der Waals surface area contributed by atoms with Crippen molar-refractivity contribution in [2.45, 2.75) is 57.4 Å². The molecule has 0 aliphatic heterocycles. The number of anilines is 1. The normalized spacial score (nSPS) is 16.7. The average molecular weight is 350 g/mol. The lowest BCUT2D eigenvalue weighted by molar-refractivity contribution is 0.467. The van der Waals surface area contributed by atoms with E-state index in [4.69, 9.17) is 5.26 Å². The van der Waals surface area contributed by atoms with Crippen LogP contribution in [0.1, 0.15) is 50.5 Å². The fourth-order valence-corrected chi connectivity index (χ4v) is 4.44. The summed E-state index contributed by atoms with van der Waals surface area (Å²) < 4.78 is 27.2. The van der Waals surface area contributed by atoms with Crippen molar-refractivity contribution in [2.75, 3.05) is 17.6 Å². The molecule has 1 aromatic carbocycles. The molecule has 0 radical (unpaired) electrons. The quantitative estimate of drug-likeness (QED) is 0.670. The standard InChI is InChI=1S/C18H27N3O2S/c1-16-9-3-4-10-17(16)21-18(11-5-6-12-18)15-20-24(22,23)14-8-2-7-13-19/h3-4,9-10,20-21H,2,5-8,11-12,14-15H2,1H3. The highest BCUT2D eigenvalue weighted by Gasteiger charge is 2.35. The first-order valence-electron chi connectivity index (χ1n) is 8.64. The molecule has 24 heavy (non-hydrogen) atoms. The van der Waals surface area contributed by atoms with Crippen LogP contribution in [0.3, 0.4) is 0 Å². The third-order valence-electron chi connectivity index (χ3n) is 4.69. The van der Waals surface area contributed by atoms with Crippen molar-refractivity contribution < 1.29 is 8.42 Å². The highest BCUT2D eigenvalue weighted by molar-refractivity contribution is 7.89. The van der Waals surface area contributed by atoms with Crippen LogP contribution >= 0.6 is 0 Å². The van der Waals surface area contributed by atoms with Crippen molar-refractivity contribution in [3.05, 3.63) is 29.8 Å². The van der Waals surface area contributed by atoms with Crippen LogP contribution in [0.25, 0.3) is 0 Å². The van der Waals surface area contributed by atoms with Gasteiger partial charge in [-0.1, -0.05) is 31.0 Å². The Morgan fingerprint density at radius 2 is 1.92 bits per heavy atom. The molecule has 0 amide bonds. The number of nitrogens with zero attached hydrogens (tertiary/aromatic N) is 1. The summed E-state index contributed by atoms with van der Waals surface area (Å²) in [6, 6.07) is 10.2. The Kier molecular flexibility index (Phi) is 6.64. The maximum Gasteiger partial charge on any atom is 0.211 e. The molecule has 2 N–H and O–H groups in total. The number of sulfonamides is 1. The van der Waals surface area contributed by atoms with Crippen LogP contribution in [0.15, 0.2) is 24.3 Å². The van der Waals surface area contributed by atoms with E-state index in [2.05, 4.69) is 23.0 Å². The molecule has 2 rings (SSSR count). The van der Waals surface area contributed by atoms with Crippen molar-refractivity contribution in [3.8, 4) is 6.07 Å². The van der Waals surface area contributed by atoms with E-state index in [0.29, 0.717) is 25.8 Å². The second-order valence-corrected chi connectivity index (χ2v) is 8.61. The molecule has 0 bridgehead atoms. The first-order chi connectivity index (χ1) is 11.5. The molecule has 0 saturated heterocycles. The summed E-state index contributed by atoms with van der Waals surface area (Å²) in [5, 5.41) is 12.1. The summed E-state index contributed by atoms with van der Waals surface area (Å²) in [5.74, 6) is 0.0924. The average Bonchev–Trinajstić information content (AvgIpc) is 3.01. The maximum atomic E-state index is 12.2. The molecular formula is C18H27N3O2S. The minimum Gasteiger partial charge on any atom is -0.378 e. The van der Waals surface area contributed by atoms with Crippen molar-refractivity contribution in [1.82, 2.24) is 4.72 Å². The van der Waals surface area contributed by atoms with Gasteiger partial charge >= 0.3 is 0 Å². The highest BCUT2D eigenvalue weighted by Crippen LogP contribution is 2.33. The van der Waals surface area contributed by atoms with Crippen molar-refractivity contribution in [3.63, 3.8) is 0 Å². The van der Waals surface area contributed by atoms with Crippen molar-refractivity contribution >= 4 is 15.7 Å². The molecule has 0 spiro atoms. The number of hydrogen-bond acceptors (Lipinski definition) is 4. The lowest BCUT2D eigenvalue weighted by atomic mass is 9.96. The summed E-state index contributed by atoms with van der Waals surface area (Å²) in [4.78, 5) is 0. The topological polar surface area (TPSA) is 82.0 Å². The van der Waals surface area contributed by atoms with Gasteiger partial charge in [0.25, 0.3) is 0 Å². The zero-order chi connectivity index (χ0) is 17.5. The van der Waals surface area contributed by atoms with Gasteiger partial charge in [-0.2, -0.15) is 5.26 Å². The maximum absolute atomic E-state index is 12.2. The van der Waals surface area contributed by atoms with E-state index in [1.165, 1.54) is 5.56 Å². The molecule has 0 heterocycles. The number of nitriles is 1. The van der Waals surface area contributed by atoms with Gasteiger partial charge in [0.2, 0.25) is 10.0 Å². The summed E-state index contributed by atoms with van der Waals surface area (Å²) in [5.41, 5.74) is 2.04. The molecule has 1 aromatic rings. The number of para-hydroxylation sites is 1. The molecule has 1 saturated carbocycles. The molecule has 132 valence electrons. The lowest BCUT2D eigenvalue weighted by Gasteiger charge is -2.32. The van der Waals surface area contributed by atoms with E-state index >= 15 is 0 Å². The Balaban J connectivity index is 1.96. The van der Waals surface area contributed by atoms with Gasteiger partial charge in [-0.25, -0.2) is 13.1 Å². The number of unbranched alkanes of at least 4 members (excludes halogenated alkanes) is 2. The van der Waals surface area contributed by atoms with Gasteiger partial charge in [-0.05, 0) is 44.2 Å². The van der Waals surface area contributed by atoms with E-state index in [-0.39, 0.29) is 11.3 Å². The van der Waals surface area contributed by atoms with E-state index in [9.17, 15) is 8.42 Å². The van der Waals surface area contributed by atoms with Crippen LogP contribution in [0.5, 0.6) is 0 Å². The van der Waals surface area contributed by atoms with Gasteiger partial charge < -0.3 is 5.32 Å². The second kappa shape index (κ2) is 8.50. The predicted molar refractivity (Wildman–Crippen MR) is 97.3 cm³/mol. The van der Waals surface area contributed by atoms with Crippen LogP contribution in [-0.2, 0) is 10.0 Å². The molecule has 0 aromatic heterocycles. The monoisotopic (exact) mass is 349 g/mol. The minimum atomic E-state index is -3.29. The fourth-order valence-electron chi connectivity index (χ4n) is 3.21. The molecule has 5 nitrogen and oxygen atoms in total. The number of nitrogens with one attached hydrogen (secondary N) is 2. The van der Waals surface area contributed by atoms with Gasteiger partial charge in [0, 0.05) is 18.7 Å². The van der Waals surface area contributed by atoms with Crippen molar-refractivity contribution in [1.29, 1.82) is 5.26 Å². The number of benzene rings is 1. The lowest BCUT2D eigenvalue weighted by Crippen LogP contribution is -2.47. The third kappa shape index (κ3) is 5.50. The number of aryl methyl sites for hydroxylation is 1. The Hall–Kier alpha value is -1.58. The van der Waals surface area contributed by atoms with Crippen LogP contribution in [-0.4, -0.2) is 26.3 Å². The van der Waals surface area contributed by atoms with Crippen LogP contribution in [0.2, 0.25) is 0 Å². The van der Waals surface area contributed by atoms with Gasteiger partial charge in [-0.3, -0.25) is 0 Å². The Morgan fingerprint density at radius 3 is 2.58 bits per heavy atom. The molecule has 1 fully saturated rings. The predicted octanol–water partition coefficient (Wildman–Crippen LogP) is 3.33. The molecular weight excluding hydrogens is 322 g/mol. The van der Waals surface area contributed by atoms with Gasteiger partial charge in [-0.15, -0.1) is 0 Å². The Bertz CT molecular complexity index is 674.